The minimum Gasteiger partial charge on any atom is -0.292 e. The van der Waals surface area contributed by atoms with E-state index < -0.39 is 11.6 Å². The molecule has 1 aromatic heterocycles. The Morgan fingerprint density at radius 3 is 2.62 bits per heavy atom. The molecule has 0 saturated carbocycles. The average Bonchev–Trinajstić information content (AvgIpc) is 2.80. The highest BCUT2D eigenvalue weighted by molar-refractivity contribution is 9.10. The normalized spacial score (nSPS) is 11.3. The van der Waals surface area contributed by atoms with Gasteiger partial charge in [-0.15, -0.1) is 11.6 Å². The van der Waals surface area contributed by atoms with E-state index in [1.807, 2.05) is 0 Å². The first-order valence-electron chi connectivity index (χ1n) is 5.89. The second-order valence-electron chi connectivity index (χ2n) is 4.35. The molecule has 2 aromatic carbocycles. The van der Waals surface area contributed by atoms with Gasteiger partial charge in [0.2, 0.25) is 0 Å². The van der Waals surface area contributed by atoms with Gasteiger partial charge in [-0.25, -0.2) is 13.8 Å². The molecule has 0 aliphatic rings. The van der Waals surface area contributed by atoms with Crippen LogP contribution in [-0.2, 0) is 5.88 Å². The Morgan fingerprint density at radius 1 is 1.14 bits per heavy atom. The maximum atomic E-state index is 14.2. The second-order valence-corrected chi connectivity index (χ2v) is 5.91. The van der Waals surface area contributed by atoms with Crippen LogP contribution < -0.4 is 0 Å². The van der Waals surface area contributed by atoms with E-state index in [-0.39, 0.29) is 16.0 Å². The van der Waals surface area contributed by atoms with E-state index in [0.717, 1.165) is 12.1 Å². The fourth-order valence-electron chi connectivity index (χ4n) is 2.15. The molecule has 0 atom stereocenters. The monoisotopic (exact) mass is 390 g/mol. The summed E-state index contributed by atoms with van der Waals surface area (Å²) < 4.78 is 29.5. The number of aromatic nitrogens is 2. The zero-order valence-electron chi connectivity index (χ0n) is 10.4. The van der Waals surface area contributed by atoms with Crippen molar-refractivity contribution in [1.82, 2.24) is 9.55 Å². The van der Waals surface area contributed by atoms with Gasteiger partial charge in [-0.3, -0.25) is 4.57 Å². The highest BCUT2D eigenvalue weighted by Gasteiger charge is 2.17. The third-order valence-corrected chi connectivity index (χ3v) is 4.12. The molecule has 7 heteroatoms. The molecule has 0 amide bonds. The Bertz CT molecular complexity index is 849. The fraction of sp³-hybridized carbons (Fsp3) is 0.0714. The van der Waals surface area contributed by atoms with Gasteiger partial charge in [0.25, 0.3) is 0 Å². The lowest BCUT2D eigenvalue weighted by Gasteiger charge is -2.10. The summed E-state index contributed by atoms with van der Waals surface area (Å²) in [5.74, 6) is -0.676. The van der Waals surface area contributed by atoms with Crippen LogP contribution in [0.2, 0.25) is 5.02 Å². The first-order valence-corrected chi connectivity index (χ1v) is 7.59. The highest BCUT2D eigenvalue weighted by atomic mass is 79.9. The molecule has 3 aromatic rings. The Morgan fingerprint density at radius 2 is 1.90 bits per heavy atom. The molecule has 108 valence electrons. The molecule has 0 aliphatic heterocycles. The molecule has 0 radical (unpaired) electrons. The quantitative estimate of drug-likeness (QED) is 0.419. The predicted octanol–water partition coefficient (Wildman–Crippen LogP) is 5.46. The summed E-state index contributed by atoms with van der Waals surface area (Å²) in [6.45, 7) is 0. The third kappa shape index (κ3) is 2.54. The SMILES string of the molecule is Fc1cc(-n2c(CCl)nc3cc(Cl)ccc32)c(F)cc1Br. The molecule has 1 heterocycles. The molecule has 0 spiro atoms. The fourth-order valence-corrected chi connectivity index (χ4v) is 2.81. The first-order chi connectivity index (χ1) is 10.0. The van der Waals surface area contributed by atoms with Crippen molar-refractivity contribution in [3.63, 3.8) is 0 Å². The van der Waals surface area contributed by atoms with Gasteiger partial charge in [-0.05, 0) is 40.2 Å². The van der Waals surface area contributed by atoms with E-state index in [4.69, 9.17) is 23.2 Å². The minimum absolute atomic E-state index is 0.0520. The van der Waals surface area contributed by atoms with Gasteiger partial charge in [0.05, 0.1) is 27.1 Å². The van der Waals surface area contributed by atoms with E-state index in [9.17, 15) is 8.78 Å². The standard InChI is InChI=1S/C14H7BrCl2F2N2/c15-8-4-10(19)13(5-9(8)18)21-12-2-1-7(17)3-11(12)20-14(21)6-16/h1-5H,6H2. The van der Waals surface area contributed by atoms with Crippen molar-refractivity contribution in [3.8, 4) is 5.69 Å². The van der Waals surface area contributed by atoms with Crippen LogP contribution in [0.5, 0.6) is 0 Å². The average molecular weight is 392 g/mol. The molecular weight excluding hydrogens is 385 g/mol. The van der Waals surface area contributed by atoms with E-state index in [2.05, 4.69) is 20.9 Å². The van der Waals surface area contributed by atoms with Crippen LogP contribution in [0.25, 0.3) is 16.7 Å². The van der Waals surface area contributed by atoms with Gasteiger partial charge < -0.3 is 0 Å². The largest absolute Gasteiger partial charge is 0.292 e. The number of nitrogens with zero attached hydrogens (tertiary/aromatic N) is 2. The van der Waals surface area contributed by atoms with Crippen LogP contribution in [0.1, 0.15) is 5.82 Å². The Labute approximate surface area is 137 Å². The first kappa shape index (κ1) is 14.8. The van der Waals surface area contributed by atoms with E-state index in [1.54, 1.807) is 18.2 Å². The molecule has 21 heavy (non-hydrogen) atoms. The molecule has 0 bridgehead atoms. The van der Waals surface area contributed by atoms with Crippen LogP contribution in [0, 0.1) is 11.6 Å². The van der Waals surface area contributed by atoms with Gasteiger partial charge in [-0.2, -0.15) is 0 Å². The van der Waals surface area contributed by atoms with Crippen molar-refractivity contribution in [2.75, 3.05) is 0 Å². The number of benzene rings is 2. The third-order valence-electron chi connectivity index (χ3n) is 3.04. The van der Waals surface area contributed by atoms with E-state index in [1.165, 1.54) is 4.57 Å². The number of fused-ring (bicyclic) bond motifs is 1. The Balaban J connectivity index is 2.36. The summed E-state index contributed by atoms with van der Waals surface area (Å²) in [6.07, 6.45) is 0. The second kappa shape index (κ2) is 5.55. The van der Waals surface area contributed by atoms with Crippen LogP contribution >= 0.6 is 39.1 Å². The molecule has 0 saturated heterocycles. The lowest BCUT2D eigenvalue weighted by molar-refractivity contribution is 0.587. The number of rotatable bonds is 2. The van der Waals surface area contributed by atoms with Crippen molar-refractivity contribution in [1.29, 1.82) is 0 Å². The highest BCUT2D eigenvalue weighted by Crippen LogP contribution is 2.29. The van der Waals surface area contributed by atoms with Crippen molar-refractivity contribution >= 4 is 50.2 Å². The Hall–Kier alpha value is -1.17. The number of alkyl halides is 1. The smallest absolute Gasteiger partial charge is 0.148 e. The lowest BCUT2D eigenvalue weighted by atomic mass is 10.2. The van der Waals surface area contributed by atoms with Crippen molar-refractivity contribution < 1.29 is 8.78 Å². The number of halogens is 5. The summed E-state index contributed by atoms with van der Waals surface area (Å²) in [7, 11) is 0. The molecule has 3 rings (SSSR count). The molecular formula is C14H7BrCl2F2N2. The summed E-state index contributed by atoms with van der Waals surface area (Å²) in [4.78, 5) is 4.31. The van der Waals surface area contributed by atoms with Crippen LogP contribution in [-0.4, -0.2) is 9.55 Å². The number of imidazole rings is 1. The summed E-state index contributed by atoms with van der Waals surface area (Å²) in [5.41, 5.74) is 1.23. The maximum Gasteiger partial charge on any atom is 0.148 e. The van der Waals surface area contributed by atoms with Crippen molar-refractivity contribution in [2.45, 2.75) is 5.88 Å². The van der Waals surface area contributed by atoms with Crippen LogP contribution in [0.3, 0.4) is 0 Å². The zero-order valence-corrected chi connectivity index (χ0v) is 13.5. The predicted molar refractivity (Wildman–Crippen MR) is 83.3 cm³/mol. The molecule has 2 nitrogen and oxygen atoms in total. The van der Waals surface area contributed by atoms with Crippen LogP contribution in [0.15, 0.2) is 34.8 Å². The zero-order chi connectivity index (χ0) is 15.1. The molecule has 0 aliphatic carbocycles. The molecule has 0 fully saturated rings. The van der Waals surface area contributed by atoms with Crippen molar-refractivity contribution in [3.05, 3.63) is 57.3 Å². The van der Waals surface area contributed by atoms with Gasteiger partial charge in [0.15, 0.2) is 0 Å². The lowest BCUT2D eigenvalue weighted by Crippen LogP contribution is -2.03. The van der Waals surface area contributed by atoms with Gasteiger partial charge in [0.1, 0.15) is 17.5 Å². The topological polar surface area (TPSA) is 17.8 Å². The van der Waals surface area contributed by atoms with Gasteiger partial charge in [0, 0.05) is 11.1 Å². The number of hydrogen-bond acceptors (Lipinski definition) is 1. The van der Waals surface area contributed by atoms with Gasteiger partial charge in [-0.1, -0.05) is 11.6 Å². The van der Waals surface area contributed by atoms with Crippen molar-refractivity contribution in [2.24, 2.45) is 0 Å². The van der Waals surface area contributed by atoms with E-state index in [0.29, 0.717) is 21.9 Å². The Kier molecular flexibility index (Phi) is 3.90. The minimum atomic E-state index is -0.580. The number of hydrogen-bond donors (Lipinski definition) is 0. The summed E-state index contributed by atoms with van der Waals surface area (Å²) in [6, 6.07) is 7.18. The molecule has 0 unspecified atom stereocenters. The maximum absolute atomic E-state index is 14.2. The van der Waals surface area contributed by atoms with E-state index >= 15 is 0 Å². The summed E-state index contributed by atoms with van der Waals surface area (Å²) >= 11 is 14.8. The van der Waals surface area contributed by atoms with Crippen LogP contribution in [0.4, 0.5) is 8.78 Å². The summed E-state index contributed by atoms with van der Waals surface area (Å²) in [5, 5.41) is 0.510. The van der Waals surface area contributed by atoms with Gasteiger partial charge >= 0.3 is 0 Å². The molecule has 0 N–H and O–H groups in total.